The minimum absolute atomic E-state index is 0.0316. The van der Waals surface area contributed by atoms with Gasteiger partial charge < -0.3 is 5.11 Å². The van der Waals surface area contributed by atoms with E-state index < -0.39 is 11.8 Å². The van der Waals surface area contributed by atoms with Crippen LogP contribution in [0.3, 0.4) is 0 Å². The first-order valence-electron chi connectivity index (χ1n) is 4.26. The standard InChI is InChI=1S/C10H6FNO2S2/c11-5-1-2-6(10(13)14)7(3-5)9-12-4-8(15)16-9/h1-4,15H,(H,13,14). The second kappa shape index (κ2) is 4.23. The number of aromatic nitrogens is 1. The summed E-state index contributed by atoms with van der Waals surface area (Å²) < 4.78 is 13.7. The van der Waals surface area contributed by atoms with Crippen molar-refractivity contribution in [3.8, 4) is 10.6 Å². The normalized spacial score (nSPS) is 10.4. The van der Waals surface area contributed by atoms with Gasteiger partial charge in [0.05, 0.1) is 16.0 Å². The number of rotatable bonds is 2. The summed E-state index contributed by atoms with van der Waals surface area (Å²) in [6, 6.07) is 3.50. The van der Waals surface area contributed by atoms with Crippen molar-refractivity contribution in [1.82, 2.24) is 4.98 Å². The lowest BCUT2D eigenvalue weighted by Crippen LogP contribution is -1.99. The monoisotopic (exact) mass is 255 g/mol. The van der Waals surface area contributed by atoms with Crippen LogP contribution in [0.1, 0.15) is 10.4 Å². The van der Waals surface area contributed by atoms with Crippen LogP contribution in [0.25, 0.3) is 10.6 Å². The second-order valence-electron chi connectivity index (χ2n) is 3.00. The first kappa shape index (κ1) is 11.1. The smallest absolute Gasteiger partial charge is 0.336 e. The molecule has 1 heterocycles. The number of nitrogens with zero attached hydrogens (tertiary/aromatic N) is 1. The van der Waals surface area contributed by atoms with E-state index in [4.69, 9.17) is 5.11 Å². The first-order valence-corrected chi connectivity index (χ1v) is 5.52. The maximum absolute atomic E-state index is 13.1. The summed E-state index contributed by atoms with van der Waals surface area (Å²) >= 11 is 5.29. The predicted octanol–water partition coefficient (Wildman–Crippen LogP) is 2.94. The largest absolute Gasteiger partial charge is 0.478 e. The Bertz CT molecular complexity index is 554. The van der Waals surface area contributed by atoms with Crippen molar-refractivity contribution in [2.24, 2.45) is 0 Å². The number of benzene rings is 1. The van der Waals surface area contributed by atoms with Gasteiger partial charge in [-0.25, -0.2) is 14.2 Å². The van der Waals surface area contributed by atoms with Crippen molar-refractivity contribution < 1.29 is 14.3 Å². The third-order valence-corrected chi connectivity index (χ3v) is 3.16. The molecule has 0 bridgehead atoms. The predicted molar refractivity (Wildman–Crippen MR) is 61.7 cm³/mol. The molecule has 82 valence electrons. The van der Waals surface area contributed by atoms with Gasteiger partial charge in [-0.05, 0) is 18.2 Å². The van der Waals surface area contributed by atoms with E-state index in [2.05, 4.69) is 17.6 Å². The van der Waals surface area contributed by atoms with Gasteiger partial charge in [0.1, 0.15) is 10.8 Å². The molecule has 2 rings (SSSR count). The molecule has 1 N–H and O–H groups in total. The zero-order chi connectivity index (χ0) is 11.7. The summed E-state index contributed by atoms with van der Waals surface area (Å²) in [7, 11) is 0. The minimum Gasteiger partial charge on any atom is -0.478 e. The molecule has 0 aliphatic rings. The van der Waals surface area contributed by atoms with Crippen molar-refractivity contribution in [3.63, 3.8) is 0 Å². The molecule has 0 amide bonds. The Kier molecular flexibility index (Phi) is 2.93. The summed E-state index contributed by atoms with van der Waals surface area (Å²) in [4.78, 5) is 14.9. The molecular weight excluding hydrogens is 249 g/mol. The van der Waals surface area contributed by atoms with Crippen molar-refractivity contribution in [1.29, 1.82) is 0 Å². The fourth-order valence-electron chi connectivity index (χ4n) is 1.27. The van der Waals surface area contributed by atoms with Crippen LogP contribution in [-0.2, 0) is 0 Å². The van der Waals surface area contributed by atoms with Crippen LogP contribution in [0.5, 0.6) is 0 Å². The van der Waals surface area contributed by atoms with Gasteiger partial charge in [-0.3, -0.25) is 0 Å². The van der Waals surface area contributed by atoms with E-state index in [9.17, 15) is 9.18 Å². The Hall–Kier alpha value is -1.40. The zero-order valence-corrected chi connectivity index (χ0v) is 9.56. The van der Waals surface area contributed by atoms with Crippen LogP contribution < -0.4 is 0 Å². The van der Waals surface area contributed by atoms with E-state index in [-0.39, 0.29) is 11.1 Å². The highest BCUT2D eigenvalue weighted by molar-refractivity contribution is 7.83. The zero-order valence-electron chi connectivity index (χ0n) is 7.85. The van der Waals surface area contributed by atoms with E-state index in [1.165, 1.54) is 23.6 Å². The molecular formula is C10H6FNO2S2. The summed E-state index contributed by atoms with van der Waals surface area (Å²) in [5.41, 5.74) is 0.307. The van der Waals surface area contributed by atoms with Crippen LogP contribution in [-0.4, -0.2) is 16.1 Å². The highest BCUT2D eigenvalue weighted by Crippen LogP contribution is 2.30. The summed E-state index contributed by atoms with van der Waals surface area (Å²) in [5, 5.41) is 9.41. The lowest BCUT2D eigenvalue weighted by Gasteiger charge is -2.02. The maximum atomic E-state index is 13.1. The van der Waals surface area contributed by atoms with Crippen molar-refractivity contribution in [2.45, 2.75) is 4.21 Å². The van der Waals surface area contributed by atoms with Gasteiger partial charge in [0.25, 0.3) is 0 Å². The van der Waals surface area contributed by atoms with Crippen molar-refractivity contribution in [3.05, 3.63) is 35.8 Å². The minimum atomic E-state index is -1.11. The van der Waals surface area contributed by atoms with Crippen molar-refractivity contribution in [2.75, 3.05) is 0 Å². The Morgan fingerprint density at radius 2 is 2.25 bits per heavy atom. The number of hydrogen-bond acceptors (Lipinski definition) is 4. The average molecular weight is 255 g/mol. The quantitative estimate of drug-likeness (QED) is 0.811. The molecule has 6 heteroatoms. The van der Waals surface area contributed by atoms with E-state index in [1.807, 2.05) is 0 Å². The van der Waals surface area contributed by atoms with Gasteiger partial charge in [0, 0.05) is 5.56 Å². The number of halogens is 1. The molecule has 0 unspecified atom stereocenters. The molecule has 3 nitrogen and oxygen atoms in total. The van der Waals surface area contributed by atoms with Crippen LogP contribution in [0.4, 0.5) is 4.39 Å². The van der Waals surface area contributed by atoms with Gasteiger partial charge in [-0.1, -0.05) is 0 Å². The van der Waals surface area contributed by atoms with Gasteiger partial charge in [0.15, 0.2) is 0 Å². The summed E-state index contributed by atoms with van der Waals surface area (Å²) in [6.07, 6.45) is 1.50. The van der Waals surface area contributed by atoms with E-state index in [0.29, 0.717) is 9.22 Å². The molecule has 0 saturated heterocycles. The lowest BCUT2D eigenvalue weighted by molar-refractivity contribution is 0.0697. The van der Waals surface area contributed by atoms with E-state index in [0.717, 1.165) is 12.1 Å². The molecule has 0 radical (unpaired) electrons. The summed E-state index contributed by atoms with van der Waals surface area (Å²) in [6.45, 7) is 0. The third-order valence-electron chi connectivity index (χ3n) is 1.94. The fourth-order valence-corrected chi connectivity index (χ4v) is 2.27. The molecule has 16 heavy (non-hydrogen) atoms. The number of carbonyl (C=O) groups is 1. The Balaban J connectivity index is 2.62. The molecule has 1 aromatic heterocycles. The van der Waals surface area contributed by atoms with Gasteiger partial charge in [-0.15, -0.1) is 24.0 Å². The average Bonchev–Trinajstić information content (AvgIpc) is 2.64. The van der Waals surface area contributed by atoms with Crippen LogP contribution in [0.15, 0.2) is 28.6 Å². The number of carboxylic acids is 1. The number of aromatic carboxylic acids is 1. The topological polar surface area (TPSA) is 50.2 Å². The Labute approximate surface area is 100.0 Å². The molecule has 2 aromatic rings. The van der Waals surface area contributed by atoms with Gasteiger partial charge >= 0.3 is 5.97 Å². The van der Waals surface area contributed by atoms with Crippen LogP contribution >= 0.6 is 24.0 Å². The number of thiol groups is 1. The Morgan fingerprint density at radius 1 is 1.50 bits per heavy atom. The maximum Gasteiger partial charge on any atom is 0.336 e. The highest BCUT2D eigenvalue weighted by Gasteiger charge is 2.15. The molecule has 0 spiro atoms. The Morgan fingerprint density at radius 3 is 2.81 bits per heavy atom. The lowest BCUT2D eigenvalue weighted by atomic mass is 10.1. The third kappa shape index (κ3) is 2.07. The second-order valence-corrected chi connectivity index (χ2v) is 4.81. The van der Waals surface area contributed by atoms with Crippen LogP contribution in [0.2, 0.25) is 0 Å². The van der Waals surface area contributed by atoms with Crippen molar-refractivity contribution >= 4 is 29.9 Å². The van der Waals surface area contributed by atoms with Crippen LogP contribution in [0, 0.1) is 5.82 Å². The molecule has 0 aliphatic heterocycles. The molecule has 1 aromatic carbocycles. The SMILES string of the molecule is O=C(O)c1ccc(F)cc1-c1ncc(S)s1. The number of thiazole rings is 1. The molecule has 0 saturated carbocycles. The number of hydrogen-bond donors (Lipinski definition) is 2. The van der Waals surface area contributed by atoms with Gasteiger partial charge in [-0.2, -0.15) is 0 Å². The van der Waals surface area contributed by atoms with E-state index >= 15 is 0 Å². The molecule has 0 aliphatic carbocycles. The van der Waals surface area contributed by atoms with Gasteiger partial charge in [0.2, 0.25) is 0 Å². The van der Waals surface area contributed by atoms with E-state index in [1.54, 1.807) is 0 Å². The first-order chi connectivity index (χ1) is 7.58. The molecule has 0 atom stereocenters. The molecule has 0 fully saturated rings. The summed E-state index contributed by atoms with van der Waals surface area (Å²) in [5.74, 6) is -1.60. The number of carboxylic acid groups (broad SMARTS) is 1. The highest BCUT2D eigenvalue weighted by atomic mass is 32.2. The fraction of sp³-hybridized carbons (Fsp3) is 0.